The van der Waals surface area contributed by atoms with Crippen LogP contribution in [0.5, 0.6) is 0 Å². The smallest absolute Gasteiger partial charge is 0.408 e. The lowest BCUT2D eigenvalue weighted by Crippen LogP contribution is -2.73. The Morgan fingerprint density at radius 1 is 1.14 bits per heavy atom. The number of ether oxygens (including phenoxy) is 1. The molecule has 5 nitrogen and oxygen atoms in total. The zero-order chi connectivity index (χ0) is 14.9. The molecule has 1 spiro atoms. The van der Waals surface area contributed by atoms with E-state index in [2.05, 4.69) is 5.32 Å². The molecule has 21 heavy (non-hydrogen) atoms. The third-order valence-corrected chi connectivity index (χ3v) is 5.09. The number of hydrogen-bond acceptors (Lipinski definition) is 3. The molecule has 1 unspecified atom stereocenters. The summed E-state index contributed by atoms with van der Waals surface area (Å²) in [5.41, 5.74) is -0.493. The van der Waals surface area contributed by atoms with Crippen molar-refractivity contribution >= 4 is 12.1 Å². The molecule has 2 fully saturated rings. The van der Waals surface area contributed by atoms with Crippen molar-refractivity contribution in [2.45, 2.75) is 44.2 Å². The monoisotopic (exact) mass is 289 g/mol. The second kappa shape index (κ2) is 5.06. The van der Waals surface area contributed by atoms with Gasteiger partial charge in [0.15, 0.2) is 0 Å². The molecular weight excluding hydrogens is 270 g/mol. The molecule has 112 valence electrons. The quantitative estimate of drug-likeness (QED) is 0.893. The van der Waals surface area contributed by atoms with Gasteiger partial charge < -0.3 is 15.2 Å². The topological polar surface area (TPSA) is 75.6 Å². The standard InChI is InChI=1S/C16H19NO4/c18-13(19)16(10-9-15(16)7-4-8-15)17-14(20)21-11-12-5-2-1-3-6-12/h1-3,5-6H,4,7-11H2,(H,17,20)(H,18,19). The Bertz CT molecular complexity index is 547. The number of rotatable bonds is 4. The number of carbonyl (C=O) groups is 2. The number of alkyl carbamates (subject to hydrolysis) is 1. The van der Waals surface area contributed by atoms with Crippen molar-refractivity contribution < 1.29 is 19.4 Å². The van der Waals surface area contributed by atoms with Gasteiger partial charge in [0.2, 0.25) is 0 Å². The van der Waals surface area contributed by atoms with Gasteiger partial charge in [0, 0.05) is 5.41 Å². The fourth-order valence-electron chi connectivity index (χ4n) is 3.52. The van der Waals surface area contributed by atoms with Gasteiger partial charge in [0.05, 0.1) is 0 Å². The molecule has 0 saturated heterocycles. The maximum absolute atomic E-state index is 12.0. The van der Waals surface area contributed by atoms with E-state index in [9.17, 15) is 14.7 Å². The molecule has 0 radical (unpaired) electrons. The van der Waals surface area contributed by atoms with Crippen LogP contribution in [-0.4, -0.2) is 22.7 Å². The summed E-state index contributed by atoms with van der Waals surface area (Å²) < 4.78 is 5.16. The fraction of sp³-hybridized carbons (Fsp3) is 0.500. The van der Waals surface area contributed by atoms with Gasteiger partial charge >= 0.3 is 12.1 Å². The van der Waals surface area contributed by atoms with Crippen molar-refractivity contribution in [3.63, 3.8) is 0 Å². The maximum Gasteiger partial charge on any atom is 0.408 e. The highest BCUT2D eigenvalue weighted by Gasteiger charge is 2.67. The van der Waals surface area contributed by atoms with E-state index in [1.165, 1.54) is 0 Å². The SMILES string of the molecule is O=C(NC1(C(=O)O)CCC12CCC2)OCc1ccccc1. The van der Waals surface area contributed by atoms with Crippen LogP contribution < -0.4 is 5.32 Å². The minimum Gasteiger partial charge on any atom is -0.479 e. The number of nitrogens with one attached hydrogen (secondary N) is 1. The highest BCUT2D eigenvalue weighted by Crippen LogP contribution is 2.62. The van der Waals surface area contributed by atoms with Gasteiger partial charge in [-0.2, -0.15) is 0 Å². The molecule has 2 N–H and O–H groups in total. The van der Waals surface area contributed by atoms with Gasteiger partial charge in [0.1, 0.15) is 12.1 Å². The molecule has 1 aromatic carbocycles. The molecule has 0 aromatic heterocycles. The second-order valence-corrected chi connectivity index (χ2v) is 6.03. The van der Waals surface area contributed by atoms with Gasteiger partial charge in [-0.3, -0.25) is 0 Å². The van der Waals surface area contributed by atoms with Crippen molar-refractivity contribution in [3.8, 4) is 0 Å². The molecule has 1 amide bonds. The normalized spacial score (nSPS) is 25.5. The molecule has 1 aromatic rings. The van der Waals surface area contributed by atoms with E-state index in [1.54, 1.807) is 0 Å². The predicted molar refractivity (Wildman–Crippen MR) is 75.6 cm³/mol. The lowest BCUT2D eigenvalue weighted by atomic mass is 9.45. The second-order valence-electron chi connectivity index (χ2n) is 6.03. The van der Waals surface area contributed by atoms with Crippen LogP contribution in [0.15, 0.2) is 30.3 Å². The molecule has 3 rings (SSSR count). The summed E-state index contributed by atoms with van der Waals surface area (Å²) in [5.74, 6) is -0.940. The van der Waals surface area contributed by atoms with Crippen LogP contribution >= 0.6 is 0 Å². The van der Waals surface area contributed by atoms with Crippen molar-refractivity contribution in [3.05, 3.63) is 35.9 Å². The third kappa shape index (κ3) is 2.17. The van der Waals surface area contributed by atoms with Crippen LogP contribution in [-0.2, 0) is 16.1 Å². The first-order valence-electron chi connectivity index (χ1n) is 7.30. The maximum atomic E-state index is 12.0. The Morgan fingerprint density at radius 3 is 2.33 bits per heavy atom. The third-order valence-electron chi connectivity index (χ3n) is 5.09. The number of hydrogen-bond donors (Lipinski definition) is 2. The molecular formula is C16H19NO4. The number of aliphatic carboxylic acids is 1. The number of benzene rings is 1. The molecule has 0 aliphatic heterocycles. The number of amides is 1. The Hall–Kier alpha value is -2.04. The van der Waals surface area contributed by atoms with Crippen LogP contribution in [0.1, 0.15) is 37.7 Å². The van der Waals surface area contributed by atoms with Gasteiger partial charge in [0.25, 0.3) is 0 Å². The van der Waals surface area contributed by atoms with Crippen molar-refractivity contribution in [1.82, 2.24) is 5.32 Å². The Balaban J connectivity index is 1.62. The largest absolute Gasteiger partial charge is 0.479 e. The van der Waals surface area contributed by atoms with Gasteiger partial charge in [-0.1, -0.05) is 36.8 Å². The average Bonchev–Trinajstić information content (AvgIpc) is 2.40. The lowest BCUT2D eigenvalue weighted by molar-refractivity contribution is -0.172. The summed E-state index contributed by atoms with van der Waals surface area (Å²) in [6.07, 6.45) is 3.50. The Kier molecular flexibility index (Phi) is 3.35. The summed E-state index contributed by atoms with van der Waals surface area (Å²) in [4.78, 5) is 23.6. The number of carboxylic acids is 1. The minimum atomic E-state index is -1.13. The molecule has 2 aliphatic carbocycles. The predicted octanol–water partition coefficient (Wildman–Crippen LogP) is 2.70. The molecule has 2 saturated carbocycles. The number of carboxylic acid groups (broad SMARTS) is 1. The first kappa shape index (κ1) is 13.9. The molecule has 2 aliphatic rings. The first-order chi connectivity index (χ1) is 10.1. The Labute approximate surface area is 123 Å². The highest BCUT2D eigenvalue weighted by molar-refractivity contribution is 5.87. The van der Waals surface area contributed by atoms with Crippen molar-refractivity contribution in [2.75, 3.05) is 0 Å². The van der Waals surface area contributed by atoms with Crippen molar-refractivity contribution in [1.29, 1.82) is 0 Å². The number of carbonyl (C=O) groups excluding carboxylic acids is 1. The van der Waals surface area contributed by atoms with Crippen LogP contribution in [0.4, 0.5) is 4.79 Å². The van der Waals surface area contributed by atoms with E-state index >= 15 is 0 Å². The van der Waals surface area contributed by atoms with Crippen LogP contribution in [0, 0.1) is 5.41 Å². The summed E-state index contributed by atoms with van der Waals surface area (Å²) in [6, 6.07) is 9.33. The van der Waals surface area contributed by atoms with Gasteiger partial charge in [-0.25, -0.2) is 9.59 Å². The molecule has 5 heteroatoms. The lowest BCUT2D eigenvalue weighted by Gasteiger charge is -2.61. The Morgan fingerprint density at radius 2 is 1.86 bits per heavy atom. The van der Waals surface area contributed by atoms with Crippen LogP contribution in [0.2, 0.25) is 0 Å². The summed E-state index contributed by atoms with van der Waals surface area (Å²) in [5, 5.41) is 12.2. The van der Waals surface area contributed by atoms with Gasteiger partial charge in [-0.15, -0.1) is 0 Å². The van der Waals surface area contributed by atoms with Crippen LogP contribution in [0.25, 0.3) is 0 Å². The molecule has 0 bridgehead atoms. The fourth-order valence-corrected chi connectivity index (χ4v) is 3.52. The minimum absolute atomic E-state index is 0.148. The van der Waals surface area contributed by atoms with Crippen molar-refractivity contribution in [2.24, 2.45) is 5.41 Å². The highest BCUT2D eigenvalue weighted by atomic mass is 16.5. The average molecular weight is 289 g/mol. The van der Waals surface area contributed by atoms with E-state index in [-0.39, 0.29) is 12.0 Å². The summed E-state index contributed by atoms with van der Waals surface area (Å²) in [6.45, 7) is 0.148. The van der Waals surface area contributed by atoms with Crippen LogP contribution in [0.3, 0.4) is 0 Å². The summed E-state index contributed by atoms with van der Waals surface area (Å²) >= 11 is 0. The molecule has 0 heterocycles. The zero-order valence-electron chi connectivity index (χ0n) is 11.8. The van der Waals surface area contributed by atoms with E-state index in [0.717, 1.165) is 31.2 Å². The van der Waals surface area contributed by atoms with E-state index < -0.39 is 17.6 Å². The van der Waals surface area contributed by atoms with E-state index in [1.807, 2.05) is 30.3 Å². The van der Waals surface area contributed by atoms with Gasteiger partial charge in [-0.05, 0) is 31.2 Å². The zero-order valence-corrected chi connectivity index (χ0v) is 11.8. The van der Waals surface area contributed by atoms with E-state index in [0.29, 0.717) is 6.42 Å². The summed E-state index contributed by atoms with van der Waals surface area (Å²) in [7, 11) is 0. The van der Waals surface area contributed by atoms with E-state index in [4.69, 9.17) is 4.74 Å². The first-order valence-corrected chi connectivity index (χ1v) is 7.30. The molecule has 1 atom stereocenters.